The van der Waals surface area contributed by atoms with Gasteiger partial charge in [0.25, 0.3) is 0 Å². The standard InChI is InChI=1S/C19H22N4OS/c1-12(2)19(3,11-20)23-16(24)10-25-18-14-6-4-5-7-15(14)21-17(22-18)13-8-9-13/h4-7,12-13H,8-10H2,1-3H3,(H,23,24)/t19-/m1/s1. The van der Waals surface area contributed by atoms with Crippen LogP contribution in [0.15, 0.2) is 29.3 Å². The average Bonchev–Trinajstić information content (AvgIpc) is 3.44. The molecule has 1 N–H and O–H groups in total. The van der Waals surface area contributed by atoms with Crippen molar-refractivity contribution in [1.29, 1.82) is 5.26 Å². The van der Waals surface area contributed by atoms with E-state index in [0.717, 1.165) is 34.6 Å². The number of carbonyl (C=O) groups excluding carboxylic acids is 1. The Hall–Kier alpha value is -2.13. The third-order valence-corrected chi connectivity index (χ3v) is 5.65. The van der Waals surface area contributed by atoms with Crippen molar-refractivity contribution < 1.29 is 4.79 Å². The molecule has 1 aliphatic carbocycles. The number of hydrogen-bond donors (Lipinski definition) is 1. The van der Waals surface area contributed by atoms with Gasteiger partial charge in [0.1, 0.15) is 16.4 Å². The summed E-state index contributed by atoms with van der Waals surface area (Å²) in [4.78, 5) is 21.7. The number of amides is 1. The number of fused-ring (bicyclic) bond motifs is 1. The highest BCUT2D eigenvalue weighted by atomic mass is 32.2. The lowest BCUT2D eigenvalue weighted by Crippen LogP contribution is -2.49. The average molecular weight is 354 g/mol. The first kappa shape index (κ1) is 17.7. The zero-order valence-corrected chi connectivity index (χ0v) is 15.6. The lowest BCUT2D eigenvalue weighted by atomic mass is 9.90. The fourth-order valence-electron chi connectivity index (χ4n) is 2.46. The molecule has 6 heteroatoms. The van der Waals surface area contributed by atoms with E-state index in [1.165, 1.54) is 11.8 Å². The molecular weight excluding hydrogens is 332 g/mol. The van der Waals surface area contributed by atoms with Crippen LogP contribution in [0.25, 0.3) is 10.9 Å². The number of carbonyl (C=O) groups is 1. The highest BCUT2D eigenvalue weighted by Crippen LogP contribution is 2.39. The number of para-hydroxylation sites is 1. The zero-order valence-electron chi connectivity index (χ0n) is 14.7. The molecular formula is C19H22N4OS. The Morgan fingerprint density at radius 3 is 2.76 bits per heavy atom. The first-order valence-electron chi connectivity index (χ1n) is 8.54. The molecule has 0 unspecified atom stereocenters. The van der Waals surface area contributed by atoms with Crippen LogP contribution in [0.5, 0.6) is 0 Å². The van der Waals surface area contributed by atoms with Gasteiger partial charge >= 0.3 is 0 Å². The minimum atomic E-state index is -0.857. The van der Waals surface area contributed by atoms with Crippen LogP contribution in [-0.4, -0.2) is 27.2 Å². The molecule has 2 aromatic rings. The van der Waals surface area contributed by atoms with Crippen LogP contribution in [0.3, 0.4) is 0 Å². The Balaban J connectivity index is 1.77. The molecule has 0 bridgehead atoms. The van der Waals surface area contributed by atoms with Crippen molar-refractivity contribution in [1.82, 2.24) is 15.3 Å². The first-order valence-corrected chi connectivity index (χ1v) is 9.53. The number of rotatable bonds is 6. The second-order valence-electron chi connectivity index (χ2n) is 6.98. The Kier molecular flexibility index (Phi) is 4.96. The van der Waals surface area contributed by atoms with Crippen LogP contribution in [0.4, 0.5) is 0 Å². The van der Waals surface area contributed by atoms with E-state index in [1.54, 1.807) is 6.92 Å². The van der Waals surface area contributed by atoms with E-state index >= 15 is 0 Å². The second kappa shape index (κ2) is 7.01. The lowest BCUT2D eigenvalue weighted by Gasteiger charge is -2.27. The fourth-order valence-corrected chi connectivity index (χ4v) is 3.29. The van der Waals surface area contributed by atoms with Gasteiger partial charge in [0.15, 0.2) is 0 Å². The summed E-state index contributed by atoms with van der Waals surface area (Å²) >= 11 is 1.41. The third kappa shape index (κ3) is 3.93. The quantitative estimate of drug-likeness (QED) is 0.633. The van der Waals surface area contributed by atoms with Gasteiger partial charge in [-0.05, 0) is 31.7 Å². The number of aromatic nitrogens is 2. The maximum Gasteiger partial charge on any atom is 0.231 e. The molecule has 1 atom stereocenters. The summed E-state index contributed by atoms with van der Waals surface area (Å²) in [5, 5.41) is 14.0. The molecule has 1 aliphatic rings. The summed E-state index contributed by atoms with van der Waals surface area (Å²) in [6.07, 6.45) is 2.27. The molecule has 1 fully saturated rings. The molecule has 5 nitrogen and oxygen atoms in total. The Morgan fingerprint density at radius 2 is 2.12 bits per heavy atom. The van der Waals surface area contributed by atoms with Crippen molar-refractivity contribution in [3.8, 4) is 6.07 Å². The number of benzene rings is 1. The first-order chi connectivity index (χ1) is 11.9. The van der Waals surface area contributed by atoms with Crippen molar-refractivity contribution in [3.63, 3.8) is 0 Å². The monoisotopic (exact) mass is 354 g/mol. The molecule has 0 radical (unpaired) electrons. The van der Waals surface area contributed by atoms with Crippen LogP contribution in [0, 0.1) is 17.2 Å². The molecule has 1 aromatic carbocycles. The number of nitriles is 1. The number of nitrogens with one attached hydrogen (secondary N) is 1. The third-order valence-electron chi connectivity index (χ3n) is 4.65. The number of nitrogens with zero attached hydrogens (tertiary/aromatic N) is 3. The molecule has 25 heavy (non-hydrogen) atoms. The van der Waals surface area contributed by atoms with Gasteiger partial charge in [0.05, 0.1) is 17.3 Å². The van der Waals surface area contributed by atoms with Crippen LogP contribution < -0.4 is 5.32 Å². The molecule has 0 aliphatic heterocycles. The van der Waals surface area contributed by atoms with E-state index in [9.17, 15) is 10.1 Å². The molecule has 1 aromatic heterocycles. The van der Waals surface area contributed by atoms with E-state index < -0.39 is 5.54 Å². The Morgan fingerprint density at radius 1 is 1.40 bits per heavy atom. The topological polar surface area (TPSA) is 78.7 Å². The summed E-state index contributed by atoms with van der Waals surface area (Å²) in [5.74, 6) is 1.45. The smallest absolute Gasteiger partial charge is 0.231 e. The zero-order chi connectivity index (χ0) is 18.0. The van der Waals surface area contributed by atoms with Gasteiger partial charge in [0, 0.05) is 11.3 Å². The van der Waals surface area contributed by atoms with Gasteiger partial charge in [-0.25, -0.2) is 9.97 Å². The van der Waals surface area contributed by atoms with Crippen molar-refractivity contribution in [3.05, 3.63) is 30.1 Å². The van der Waals surface area contributed by atoms with Crippen molar-refractivity contribution >= 4 is 28.6 Å². The van der Waals surface area contributed by atoms with Crippen molar-refractivity contribution in [2.24, 2.45) is 5.92 Å². The minimum absolute atomic E-state index is 0.0350. The van der Waals surface area contributed by atoms with Gasteiger partial charge in [-0.3, -0.25) is 4.79 Å². The van der Waals surface area contributed by atoms with E-state index in [4.69, 9.17) is 4.98 Å². The molecule has 0 saturated heterocycles. The largest absolute Gasteiger partial charge is 0.337 e. The van der Waals surface area contributed by atoms with Gasteiger partial charge in [-0.1, -0.05) is 43.8 Å². The molecule has 130 valence electrons. The second-order valence-corrected chi connectivity index (χ2v) is 7.95. The van der Waals surface area contributed by atoms with Gasteiger partial charge in [0.2, 0.25) is 5.91 Å². The van der Waals surface area contributed by atoms with Crippen molar-refractivity contribution in [2.75, 3.05) is 5.75 Å². The van der Waals surface area contributed by atoms with E-state index in [-0.39, 0.29) is 17.6 Å². The van der Waals surface area contributed by atoms with Crippen LogP contribution >= 0.6 is 11.8 Å². The number of thioether (sulfide) groups is 1. The van der Waals surface area contributed by atoms with Crippen LogP contribution in [-0.2, 0) is 4.79 Å². The number of hydrogen-bond acceptors (Lipinski definition) is 5. The summed E-state index contributed by atoms with van der Waals surface area (Å²) < 4.78 is 0. The summed E-state index contributed by atoms with van der Waals surface area (Å²) in [5.41, 5.74) is 0.0660. The summed E-state index contributed by atoms with van der Waals surface area (Å²) in [6.45, 7) is 5.61. The van der Waals surface area contributed by atoms with Gasteiger partial charge in [-0.15, -0.1) is 0 Å². The lowest BCUT2D eigenvalue weighted by molar-refractivity contribution is -0.120. The van der Waals surface area contributed by atoms with E-state index in [1.807, 2.05) is 38.1 Å². The van der Waals surface area contributed by atoms with Crippen LogP contribution in [0.2, 0.25) is 0 Å². The van der Waals surface area contributed by atoms with E-state index in [2.05, 4.69) is 16.4 Å². The Bertz CT molecular complexity index is 841. The molecule has 0 spiro atoms. The van der Waals surface area contributed by atoms with Gasteiger partial charge in [-0.2, -0.15) is 5.26 Å². The molecule has 1 amide bonds. The minimum Gasteiger partial charge on any atom is -0.337 e. The summed E-state index contributed by atoms with van der Waals surface area (Å²) in [6, 6.07) is 10.1. The van der Waals surface area contributed by atoms with Crippen molar-refractivity contribution in [2.45, 2.75) is 50.1 Å². The van der Waals surface area contributed by atoms with Crippen LogP contribution in [0.1, 0.15) is 45.4 Å². The summed E-state index contributed by atoms with van der Waals surface area (Å²) in [7, 11) is 0. The maximum absolute atomic E-state index is 12.3. The predicted molar refractivity (Wildman–Crippen MR) is 99.2 cm³/mol. The molecule has 1 saturated carbocycles. The predicted octanol–water partition coefficient (Wildman–Crippen LogP) is 3.65. The fraction of sp³-hybridized carbons (Fsp3) is 0.474. The normalized spacial score (nSPS) is 16.4. The molecule has 3 rings (SSSR count). The highest BCUT2D eigenvalue weighted by molar-refractivity contribution is 8.00. The highest BCUT2D eigenvalue weighted by Gasteiger charge is 2.30. The van der Waals surface area contributed by atoms with E-state index in [0.29, 0.717) is 5.92 Å². The SMILES string of the molecule is CC(C)[C@@](C)(C#N)NC(=O)CSc1nc(C2CC2)nc2ccccc12. The molecule has 1 heterocycles. The Labute approximate surface area is 152 Å². The van der Waals surface area contributed by atoms with Gasteiger partial charge < -0.3 is 5.32 Å². The maximum atomic E-state index is 12.3.